The third kappa shape index (κ3) is 2.64. The normalized spacial score (nSPS) is 32.1. The van der Waals surface area contributed by atoms with Gasteiger partial charge in [-0.2, -0.15) is 0 Å². The summed E-state index contributed by atoms with van der Waals surface area (Å²) in [6.45, 7) is 2.51. The maximum Gasteiger partial charge on any atom is 0.0592 e. The predicted octanol–water partition coefficient (Wildman–Crippen LogP) is 3.96. The van der Waals surface area contributed by atoms with Crippen molar-refractivity contribution in [2.45, 2.75) is 56.6 Å². The minimum atomic E-state index is 0.223. The van der Waals surface area contributed by atoms with Crippen LogP contribution in [0, 0.1) is 0 Å². The SMILES string of the molecule is COC1CCCC(c2ccccc2)(N2CCCCC2)C1. The van der Waals surface area contributed by atoms with Crippen LogP contribution in [0.25, 0.3) is 0 Å². The van der Waals surface area contributed by atoms with Gasteiger partial charge in [0.1, 0.15) is 0 Å². The average molecular weight is 273 g/mol. The number of hydrogen-bond donors (Lipinski definition) is 0. The van der Waals surface area contributed by atoms with Gasteiger partial charge in [0, 0.05) is 12.6 Å². The predicted molar refractivity (Wildman–Crippen MR) is 82.8 cm³/mol. The molecule has 0 bridgehead atoms. The van der Waals surface area contributed by atoms with E-state index < -0.39 is 0 Å². The highest BCUT2D eigenvalue weighted by Crippen LogP contribution is 2.44. The molecule has 0 N–H and O–H groups in total. The van der Waals surface area contributed by atoms with Gasteiger partial charge in [0.05, 0.1) is 6.10 Å². The fraction of sp³-hybridized carbons (Fsp3) is 0.667. The Morgan fingerprint density at radius 2 is 1.80 bits per heavy atom. The summed E-state index contributed by atoms with van der Waals surface area (Å²) in [5, 5.41) is 0. The molecule has 0 aromatic heterocycles. The molecular weight excluding hydrogens is 246 g/mol. The molecule has 1 aliphatic heterocycles. The molecule has 1 aromatic carbocycles. The third-order valence-electron chi connectivity index (χ3n) is 5.29. The molecule has 110 valence electrons. The summed E-state index contributed by atoms with van der Waals surface area (Å²) < 4.78 is 5.73. The Balaban J connectivity index is 1.93. The summed E-state index contributed by atoms with van der Waals surface area (Å²) >= 11 is 0. The summed E-state index contributed by atoms with van der Waals surface area (Å²) in [6.07, 6.45) is 9.48. The standard InChI is InChI=1S/C18H27NO/c1-20-17-11-8-12-18(15-17,16-9-4-2-5-10-16)19-13-6-3-7-14-19/h2,4-5,9-10,17H,3,6-8,11-15H2,1H3. The van der Waals surface area contributed by atoms with Crippen LogP contribution in [-0.2, 0) is 10.3 Å². The van der Waals surface area contributed by atoms with Gasteiger partial charge >= 0.3 is 0 Å². The highest BCUT2D eigenvalue weighted by atomic mass is 16.5. The van der Waals surface area contributed by atoms with Gasteiger partial charge in [-0.15, -0.1) is 0 Å². The fourth-order valence-corrected chi connectivity index (χ4v) is 4.21. The number of likely N-dealkylation sites (tertiary alicyclic amines) is 1. The van der Waals surface area contributed by atoms with Crippen LogP contribution in [-0.4, -0.2) is 31.2 Å². The van der Waals surface area contributed by atoms with Gasteiger partial charge in [-0.05, 0) is 57.2 Å². The quantitative estimate of drug-likeness (QED) is 0.826. The number of methoxy groups -OCH3 is 1. The Kier molecular flexibility index (Phi) is 4.42. The molecule has 1 aliphatic carbocycles. The summed E-state index contributed by atoms with van der Waals surface area (Å²) in [7, 11) is 1.88. The lowest BCUT2D eigenvalue weighted by Crippen LogP contribution is -2.52. The van der Waals surface area contributed by atoms with Crippen LogP contribution in [0.15, 0.2) is 30.3 Å². The molecule has 1 saturated heterocycles. The maximum absolute atomic E-state index is 5.73. The second-order valence-corrected chi connectivity index (χ2v) is 6.40. The number of piperidine rings is 1. The number of benzene rings is 1. The zero-order valence-corrected chi connectivity index (χ0v) is 12.7. The lowest BCUT2D eigenvalue weighted by Gasteiger charge is -2.50. The van der Waals surface area contributed by atoms with Gasteiger partial charge in [-0.25, -0.2) is 0 Å². The molecule has 1 aromatic rings. The first-order valence-electron chi connectivity index (χ1n) is 8.18. The molecule has 1 saturated carbocycles. The van der Waals surface area contributed by atoms with E-state index in [2.05, 4.69) is 35.2 Å². The zero-order valence-electron chi connectivity index (χ0n) is 12.7. The highest BCUT2D eigenvalue weighted by Gasteiger charge is 2.42. The summed E-state index contributed by atoms with van der Waals surface area (Å²) in [4.78, 5) is 2.76. The van der Waals surface area contributed by atoms with Crippen molar-refractivity contribution in [1.29, 1.82) is 0 Å². The molecule has 2 unspecified atom stereocenters. The van der Waals surface area contributed by atoms with Crippen molar-refractivity contribution < 1.29 is 4.74 Å². The van der Waals surface area contributed by atoms with Crippen LogP contribution in [0.3, 0.4) is 0 Å². The van der Waals surface area contributed by atoms with E-state index >= 15 is 0 Å². The molecule has 20 heavy (non-hydrogen) atoms. The Labute approximate surface area is 123 Å². The van der Waals surface area contributed by atoms with Crippen molar-refractivity contribution in [3.05, 3.63) is 35.9 Å². The lowest BCUT2D eigenvalue weighted by atomic mass is 9.73. The first-order valence-corrected chi connectivity index (χ1v) is 8.18. The van der Waals surface area contributed by atoms with E-state index in [0.29, 0.717) is 6.10 Å². The van der Waals surface area contributed by atoms with Gasteiger partial charge < -0.3 is 4.74 Å². The smallest absolute Gasteiger partial charge is 0.0592 e. The second kappa shape index (κ2) is 6.28. The third-order valence-corrected chi connectivity index (χ3v) is 5.29. The molecule has 3 rings (SSSR count). The van der Waals surface area contributed by atoms with Crippen LogP contribution in [0.2, 0.25) is 0 Å². The lowest BCUT2D eigenvalue weighted by molar-refractivity contribution is -0.0369. The van der Waals surface area contributed by atoms with Crippen LogP contribution >= 0.6 is 0 Å². The Morgan fingerprint density at radius 3 is 2.50 bits per heavy atom. The molecule has 2 fully saturated rings. The van der Waals surface area contributed by atoms with E-state index in [1.807, 2.05) is 7.11 Å². The van der Waals surface area contributed by atoms with Gasteiger partial charge in [-0.1, -0.05) is 36.8 Å². The zero-order chi connectivity index (χ0) is 13.8. The Morgan fingerprint density at radius 1 is 1.05 bits per heavy atom. The molecule has 2 atom stereocenters. The molecule has 0 spiro atoms. The molecule has 0 radical (unpaired) electrons. The van der Waals surface area contributed by atoms with Crippen molar-refractivity contribution in [3.63, 3.8) is 0 Å². The molecular formula is C18H27NO. The average Bonchev–Trinajstić information content (AvgIpc) is 2.56. The molecule has 2 aliphatic rings. The number of hydrogen-bond acceptors (Lipinski definition) is 2. The Bertz CT molecular complexity index is 413. The number of nitrogens with zero attached hydrogens (tertiary/aromatic N) is 1. The molecule has 0 amide bonds. The number of ether oxygens (including phenoxy) is 1. The first-order chi connectivity index (χ1) is 9.85. The molecule has 2 nitrogen and oxygen atoms in total. The van der Waals surface area contributed by atoms with Crippen molar-refractivity contribution in [1.82, 2.24) is 4.90 Å². The highest BCUT2D eigenvalue weighted by molar-refractivity contribution is 5.26. The fourth-order valence-electron chi connectivity index (χ4n) is 4.21. The van der Waals surface area contributed by atoms with Crippen LogP contribution in [0.4, 0.5) is 0 Å². The molecule has 2 heteroatoms. The Hall–Kier alpha value is -0.860. The van der Waals surface area contributed by atoms with E-state index in [9.17, 15) is 0 Å². The minimum absolute atomic E-state index is 0.223. The van der Waals surface area contributed by atoms with Gasteiger partial charge in [0.2, 0.25) is 0 Å². The minimum Gasteiger partial charge on any atom is -0.381 e. The van der Waals surface area contributed by atoms with E-state index in [-0.39, 0.29) is 5.54 Å². The van der Waals surface area contributed by atoms with E-state index in [4.69, 9.17) is 4.74 Å². The van der Waals surface area contributed by atoms with Crippen molar-refractivity contribution in [2.75, 3.05) is 20.2 Å². The van der Waals surface area contributed by atoms with E-state index in [0.717, 1.165) is 6.42 Å². The van der Waals surface area contributed by atoms with Crippen LogP contribution < -0.4 is 0 Å². The summed E-state index contributed by atoms with van der Waals surface area (Å²) in [6, 6.07) is 11.2. The monoisotopic (exact) mass is 273 g/mol. The first kappa shape index (κ1) is 14.1. The molecule has 1 heterocycles. The largest absolute Gasteiger partial charge is 0.381 e. The second-order valence-electron chi connectivity index (χ2n) is 6.40. The van der Waals surface area contributed by atoms with E-state index in [1.165, 1.54) is 57.2 Å². The maximum atomic E-state index is 5.73. The topological polar surface area (TPSA) is 12.5 Å². The van der Waals surface area contributed by atoms with Crippen LogP contribution in [0.1, 0.15) is 50.5 Å². The van der Waals surface area contributed by atoms with Gasteiger partial charge in [-0.3, -0.25) is 4.90 Å². The van der Waals surface area contributed by atoms with Crippen molar-refractivity contribution in [3.8, 4) is 0 Å². The van der Waals surface area contributed by atoms with Gasteiger partial charge in [0.25, 0.3) is 0 Å². The summed E-state index contributed by atoms with van der Waals surface area (Å²) in [5.74, 6) is 0. The summed E-state index contributed by atoms with van der Waals surface area (Å²) in [5.41, 5.74) is 1.73. The van der Waals surface area contributed by atoms with Gasteiger partial charge in [0.15, 0.2) is 0 Å². The van der Waals surface area contributed by atoms with Crippen molar-refractivity contribution >= 4 is 0 Å². The van der Waals surface area contributed by atoms with E-state index in [1.54, 1.807) is 0 Å². The van der Waals surface area contributed by atoms with Crippen LogP contribution in [0.5, 0.6) is 0 Å². The van der Waals surface area contributed by atoms with Crippen molar-refractivity contribution in [2.24, 2.45) is 0 Å². The number of rotatable bonds is 3.